The molecule has 0 radical (unpaired) electrons. The minimum absolute atomic E-state index is 0.222. The third kappa shape index (κ3) is 3.71. The molecule has 0 amide bonds. The van der Waals surface area contributed by atoms with Gasteiger partial charge >= 0.3 is 0 Å². The summed E-state index contributed by atoms with van der Waals surface area (Å²) in [6.07, 6.45) is 4.84. The van der Waals surface area contributed by atoms with Gasteiger partial charge in [0.15, 0.2) is 0 Å². The fraction of sp³-hybridized carbons (Fsp3) is 0.625. The van der Waals surface area contributed by atoms with E-state index in [4.69, 9.17) is 5.73 Å². The minimum Gasteiger partial charge on any atom is -0.378 e. The average molecular weight is 261 g/mol. The average Bonchev–Trinajstić information content (AvgIpc) is 2.40. The van der Waals surface area contributed by atoms with E-state index in [0.29, 0.717) is 0 Å². The van der Waals surface area contributed by atoms with Crippen molar-refractivity contribution in [2.24, 2.45) is 5.73 Å². The van der Waals surface area contributed by atoms with Crippen LogP contribution in [0.1, 0.15) is 31.7 Å². The van der Waals surface area contributed by atoms with Gasteiger partial charge in [0.25, 0.3) is 0 Å². The van der Waals surface area contributed by atoms with Gasteiger partial charge in [0.1, 0.15) is 0 Å². The highest BCUT2D eigenvalue weighted by Gasteiger charge is 2.28. The molecule has 2 rings (SSSR count). The Labute approximate surface area is 117 Å². The number of nitrogens with zero attached hydrogens (tertiary/aromatic N) is 2. The molecule has 1 saturated heterocycles. The first kappa shape index (κ1) is 14.4. The molecule has 19 heavy (non-hydrogen) atoms. The van der Waals surface area contributed by atoms with Crippen LogP contribution >= 0.6 is 0 Å². The molecule has 0 saturated carbocycles. The number of nitrogens with two attached hydrogens (primary N) is 1. The maximum atomic E-state index is 6.54. The van der Waals surface area contributed by atoms with E-state index in [-0.39, 0.29) is 5.66 Å². The molecule has 1 heterocycles. The summed E-state index contributed by atoms with van der Waals surface area (Å²) in [7, 11) is 4.13. The van der Waals surface area contributed by atoms with E-state index >= 15 is 0 Å². The summed E-state index contributed by atoms with van der Waals surface area (Å²) in [5, 5.41) is 0. The highest BCUT2D eigenvalue weighted by atomic mass is 15.3. The molecule has 1 aliphatic heterocycles. The summed E-state index contributed by atoms with van der Waals surface area (Å²) in [4.78, 5) is 4.56. The second-order valence-corrected chi connectivity index (χ2v) is 6.14. The molecule has 0 spiro atoms. The second-order valence-electron chi connectivity index (χ2n) is 6.14. The maximum absolute atomic E-state index is 6.54. The van der Waals surface area contributed by atoms with Gasteiger partial charge < -0.3 is 10.6 Å². The third-order valence-electron chi connectivity index (χ3n) is 4.09. The normalized spacial score (nSPS) is 20.0. The van der Waals surface area contributed by atoms with Gasteiger partial charge in [-0.2, -0.15) is 0 Å². The third-order valence-corrected chi connectivity index (χ3v) is 4.09. The topological polar surface area (TPSA) is 32.5 Å². The predicted molar refractivity (Wildman–Crippen MR) is 82.5 cm³/mol. The molecule has 1 unspecified atom stereocenters. The molecule has 1 aliphatic rings. The zero-order valence-electron chi connectivity index (χ0n) is 12.5. The van der Waals surface area contributed by atoms with Crippen LogP contribution in [-0.2, 0) is 6.42 Å². The van der Waals surface area contributed by atoms with Gasteiger partial charge in [-0.15, -0.1) is 0 Å². The summed E-state index contributed by atoms with van der Waals surface area (Å²) in [5.41, 5.74) is 8.87. The largest absolute Gasteiger partial charge is 0.378 e. The van der Waals surface area contributed by atoms with Crippen molar-refractivity contribution in [2.75, 3.05) is 32.1 Å². The molecule has 1 atom stereocenters. The Morgan fingerprint density at radius 1 is 1.11 bits per heavy atom. The van der Waals surface area contributed by atoms with Gasteiger partial charge in [-0.05, 0) is 50.6 Å². The van der Waals surface area contributed by atoms with E-state index in [1.165, 1.54) is 30.5 Å². The number of anilines is 1. The molecular weight excluding hydrogens is 234 g/mol. The van der Waals surface area contributed by atoms with Crippen molar-refractivity contribution in [3.05, 3.63) is 29.8 Å². The summed E-state index contributed by atoms with van der Waals surface area (Å²) < 4.78 is 0. The lowest BCUT2D eigenvalue weighted by Gasteiger charge is -2.40. The lowest BCUT2D eigenvalue weighted by Crippen LogP contribution is -2.56. The Morgan fingerprint density at radius 2 is 1.68 bits per heavy atom. The monoisotopic (exact) mass is 261 g/mol. The van der Waals surface area contributed by atoms with Crippen LogP contribution in [0.3, 0.4) is 0 Å². The van der Waals surface area contributed by atoms with Crippen LogP contribution in [0.15, 0.2) is 24.3 Å². The van der Waals surface area contributed by atoms with E-state index in [0.717, 1.165) is 19.5 Å². The zero-order valence-corrected chi connectivity index (χ0v) is 12.5. The Hall–Kier alpha value is -1.06. The minimum atomic E-state index is -0.222. The summed E-state index contributed by atoms with van der Waals surface area (Å²) >= 11 is 0. The molecule has 1 aromatic rings. The lowest BCUT2D eigenvalue weighted by atomic mass is 9.97. The Bertz CT molecular complexity index is 389. The highest BCUT2D eigenvalue weighted by Crippen LogP contribution is 2.22. The van der Waals surface area contributed by atoms with Crippen molar-refractivity contribution in [3.63, 3.8) is 0 Å². The number of rotatable bonds is 4. The van der Waals surface area contributed by atoms with Crippen LogP contribution in [-0.4, -0.2) is 37.7 Å². The summed E-state index contributed by atoms with van der Waals surface area (Å²) in [5.74, 6) is 0. The maximum Gasteiger partial charge on any atom is 0.0699 e. The van der Waals surface area contributed by atoms with Gasteiger partial charge in [0.05, 0.1) is 5.66 Å². The number of likely N-dealkylation sites (tertiary alicyclic amines) is 1. The highest BCUT2D eigenvalue weighted by molar-refractivity contribution is 5.46. The van der Waals surface area contributed by atoms with E-state index < -0.39 is 0 Å². The molecule has 3 nitrogen and oxygen atoms in total. The predicted octanol–water partition coefficient (Wildman–Crippen LogP) is 2.46. The van der Waals surface area contributed by atoms with Crippen LogP contribution in [0.25, 0.3) is 0 Å². The molecule has 0 bridgehead atoms. The fourth-order valence-electron chi connectivity index (χ4n) is 2.84. The van der Waals surface area contributed by atoms with Crippen LogP contribution in [0.2, 0.25) is 0 Å². The Balaban J connectivity index is 2.02. The van der Waals surface area contributed by atoms with Gasteiger partial charge in [-0.1, -0.05) is 18.6 Å². The van der Waals surface area contributed by atoms with Crippen LogP contribution < -0.4 is 10.6 Å². The van der Waals surface area contributed by atoms with E-state index in [2.05, 4.69) is 55.1 Å². The number of hydrogen-bond acceptors (Lipinski definition) is 3. The second kappa shape index (κ2) is 5.93. The standard InChI is InChI=1S/C16H27N3/c1-16(17,19-11-5-4-6-12-19)13-14-7-9-15(10-8-14)18(2)3/h7-10H,4-6,11-13,17H2,1-3H3. The summed E-state index contributed by atoms with van der Waals surface area (Å²) in [6, 6.07) is 8.73. The number of piperidine rings is 1. The number of hydrogen-bond donors (Lipinski definition) is 1. The Kier molecular flexibility index (Phi) is 4.48. The molecule has 2 N–H and O–H groups in total. The van der Waals surface area contributed by atoms with Crippen LogP contribution in [0, 0.1) is 0 Å². The van der Waals surface area contributed by atoms with Crippen molar-refractivity contribution in [1.29, 1.82) is 0 Å². The van der Waals surface area contributed by atoms with Crippen LogP contribution in [0.5, 0.6) is 0 Å². The van der Waals surface area contributed by atoms with Gasteiger partial charge in [-0.3, -0.25) is 4.90 Å². The summed E-state index contributed by atoms with van der Waals surface area (Å²) in [6.45, 7) is 4.45. The lowest BCUT2D eigenvalue weighted by molar-refractivity contribution is 0.0856. The smallest absolute Gasteiger partial charge is 0.0699 e. The van der Waals surface area contributed by atoms with E-state index in [1.807, 2.05) is 0 Å². The van der Waals surface area contributed by atoms with Crippen molar-refractivity contribution in [1.82, 2.24) is 4.90 Å². The molecule has 106 valence electrons. The van der Waals surface area contributed by atoms with Gasteiger partial charge in [0, 0.05) is 26.2 Å². The quantitative estimate of drug-likeness (QED) is 0.903. The number of benzene rings is 1. The first-order chi connectivity index (χ1) is 8.99. The van der Waals surface area contributed by atoms with Crippen molar-refractivity contribution >= 4 is 5.69 Å². The van der Waals surface area contributed by atoms with Gasteiger partial charge in [0.2, 0.25) is 0 Å². The van der Waals surface area contributed by atoms with Crippen molar-refractivity contribution < 1.29 is 0 Å². The molecule has 0 aliphatic carbocycles. The zero-order chi connectivity index (χ0) is 13.9. The molecule has 3 heteroatoms. The molecule has 1 fully saturated rings. The van der Waals surface area contributed by atoms with Crippen molar-refractivity contribution in [2.45, 2.75) is 38.3 Å². The van der Waals surface area contributed by atoms with E-state index in [1.54, 1.807) is 0 Å². The fourth-order valence-corrected chi connectivity index (χ4v) is 2.84. The van der Waals surface area contributed by atoms with E-state index in [9.17, 15) is 0 Å². The molecular formula is C16H27N3. The Morgan fingerprint density at radius 3 is 2.21 bits per heavy atom. The van der Waals surface area contributed by atoms with Crippen LogP contribution in [0.4, 0.5) is 5.69 Å². The first-order valence-corrected chi connectivity index (χ1v) is 7.29. The van der Waals surface area contributed by atoms with Gasteiger partial charge in [-0.25, -0.2) is 0 Å². The SMILES string of the molecule is CN(C)c1ccc(CC(C)(N)N2CCCCC2)cc1. The van der Waals surface area contributed by atoms with Crippen molar-refractivity contribution in [3.8, 4) is 0 Å². The first-order valence-electron chi connectivity index (χ1n) is 7.29. The molecule has 1 aromatic carbocycles. The molecule has 0 aromatic heterocycles.